The first-order valence-electron chi connectivity index (χ1n) is 11.5. The standard InChI is InChI=1S/C24H30FN5O4/c1-34-17-3-4-21-19(13-17)18(5-9-27-21)22(31)15-29-11-6-16(7-12-29)26-8-2-10-30-14-20(25)23(32)28-24(30)33/h3-5,9,13-14,16,22,26,31H,2,6-8,10-12,15H2,1H3,(H,28,32,33). The number of fused-ring (bicyclic) bond motifs is 1. The summed E-state index contributed by atoms with van der Waals surface area (Å²) in [6.07, 6.45) is 4.59. The minimum Gasteiger partial charge on any atom is -0.497 e. The Hall–Kier alpha value is -3.08. The van der Waals surface area contributed by atoms with E-state index in [1.54, 1.807) is 13.3 Å². The van der Waals surface area contributed by atoms with Gasteiger partial charge in [0.05, 0.1) is 24.9 Å². The predicted molar refractivity (Wildman–Crippen MR) is 127 cm³/mol. The second kappa shape index (κ2) is 10.9. The molecule has 0 spiro atoms. The van der Waals surface area contributed by atoms with Crippen LogP contribution in [0.5, 0.6) is 5.75 Å². The number of methoxy groups -OCH3 is 1. The van der Waals surface area contributed by atoms with Crippen LogP contribution in [0.3, 0.4) is 0 Å². The summed E-state index contributed by atoms with van der Waals surface area (Å²) in [6, 6.07) is 7.88. The third-order valence-electron chi connectivity index (χ3n) is 6.34. The molecule has 1 fully saturated rings. The van der Waals surface area contributed by atoms with Gasteiger partial charge in [-0.15, -0.1) is 0 Å². The number of aliphatic hydroxyl groups is 1. The first-order valence-corrected chi connectivity index (χ1v) is 11.5. The lowest BCUT2D eigenvalue weighted by Gasteiger charge is -2.33. The number of piperidine rings is 1. The molecule has 9 nitrogen and oxygen atoms in total. The van der Waals surface area contributed by atoms with E-state index >= 15 is 0 Å². The van der Waals surface area contributed by atoms with Crippen molar-refractivity contribution in [2.24, 2.45) is 0 Å². The molecule has 1 atom stereocenters. The summed E-state index contributed by atoms with van der Waals surface area (Å²) in [6.45, 7) is 3.29. The van der Waals surface area contributed by atoms with Gasteiger partial charge >= 0.3 is 5.69 Å². The van der Waals surface area contributed by atoms with E-state index in [0.717, 1.165) is 54.3 Å². The molecular formula is C24H30FN5O4. The molecule has 10 heteroatoms. The monoisotopic (exact) mass is 471 g/mol. The Labute approximate surface area is 196 Å². The number of halogens is 1. The molecular weight excluding hydrogens is 441 g/mol. The van der Waals surface area contributed by atoms with E-state index in [2.05, 4.69) is 15.2 Å². The average Bonchev–Trinajstić information content (AvgIpc) is 2.85. The van der Waals surface area contributed by atoms with Crippen molar-refractivity contribution < 1.29 is 14.2 Å². The maximum absolute atomic E-state index is 13.4. The van der Waals surface area contributed by atoms with Crippen LogP contribution in [0.1, 0.15) is 30.9 Å². The molecule has 0 bridgehead atoms. The van der Waals surface area contributed by atoms with Crippen molar-refractivity contribution in [3.8, 4) is 5.75 Å². The maximum atomic E-state index is 13.4. The van der Waals surface area contributed by atoms with Gasteiger partial charge < -0.3 is 20.1 Å². The van der Waals surface area contributed by atoms with E-state index in [9.17, 15) is 19.1 Å². The molecule has 1 aliphatic heterocycles. The number of hydrogen-bond acceptors (Lipinski definition) is 7. The normalized spacial score (nSPS) is 16.1. The molecule has 1 unspecified atom stereocenters. The molecule has 3 aromatic rings. The number of nitrogens with zero attached hydrogens (tertiary/aromatic N) is 3. The summed E-state index contributed by atoms with van der Waals surface area (Å²) in [4.78, 5) is 31.4. The molecule has 0 radical (unpaired) electrons. The van der Waals surface area contributed by atoms with Crippen LogP contribution in [0, 0.1) is 5.82 Å². The summed E-state index contributed by atoms with van der Waals surface area (Å²) in [5, 5.41) is 15.3. The van der Waals surface area contributed by atoms with Gasteiger partial charge in [0.2, 0.25) is 5.82 Å². The highest BCUT2D eigenvalue weighted by atomic mass is 19.1. The Bertz CT molecular complexity index is 1240. The number of pyridine rings is 1. The molecule has 34 heavy (non-hydrogen) atoms. The third-order valence-corrected chi connectivity index (χ3v) is 6.34. The fraction of sp³-hybridized carbons (Fsp3) is 0.458. The van der Waals surface area contributed by atoms with Crippen LogP contribution in [0.2, 0.25) is 0 Å². The van der Waals surface area contributed by atoms with Crippen LogP contribution in [-0.4, -0.2) is 63.9 Å². The van der Waals surface area contributed by atoms with Gasteiger partial charge in [-0.3, -0.25) is 19.3 Å². The predicted octanol–water partition coefficient (Wildman–Crippen LogP) is 1.41. The highest BCUT2D eigenvalue weighted by Crippen LogP contribution is 2.27. The number of aryl methyl sites for hydroxylation is 1. The Morgan fingerprint density at radius 3 is 2.85 bits per heavy atom. The molecule has 0 amide bonds. The van der Waals surface area contributed by atoms with Gasteiger partial charge in [0, 0.05) is 30.7 Å². The van der Waals surface area contributed by atoms with Crippen molar-refractivity contribution >= 4 is 10.9 Å². The molecule has 3 heterocycles. The summed E-state index contributed by atoms with van der Waals surface area (Å²) < 4.78 is 19.9. The summed E-state index contributed by atoms with van der Waals surface area (Å²) in [5.74, 6) is -0.225. The van der Waals surface area contributed by atoms with E-state index in [1.165, 1.54) is 4.57 Å². The van der Waals surface area contributed by atoms with Gasteiger partial charge in [0.1, 0.15) is 5.75 Å². The second-order valence-corrected chi connectivity index (χ2v) is 8.61. The van der Waals surface area contributed by atoms with Crippen molar-refractivity contribution in [1.29, 1.82) is 0 Å². The lowest BCUT2D eigenvalue weighted by molar-refractivity contribution is 0.0950. The van der Waals surface area contributed by atoms with E-state index in [-0.39, 0.29) is 0 Å². The molecule has 3 N–H and O–H groups in total. The molecule has 182 valence electrons. The van der Waals surface area contributed by atoms with Crippen LogP contribution in [0.4, 0.5) is 4.39 Å². The fourth-order valence-corrected chi connectivity index (χ4v) is 4.43. The highest BCUT2D eigenvalue weighted by molar-refractivity contribution is 5.83. The van der Waals surface area contributed by atoms with Gasteiger partial charge in [0.25, 0.3) is 5.56 Å². The summed E-state index contributed by atoms with van der Waals surface area (Å²) >= 11 is 0. The van der Waals surface area contributed by atoms with Gasteiger partial charge in [-0.1, -0.05) is 0 Å². The number of rotatable bonds is 9. The average molecular weight is 472 g/mol. The zero-order chi connectivity index (χ0) is 24.1. The van der Waals surface area contributed by atoms with Crippen LogP contribution in [0.25, 0.3) is 10.9 Å². The number of aromatic nitrogens is 3. The number of β-amino-alcohol motifs (C(OH)–C–C–N with tert-alkyl or cyclic N) is 1. The molecule has 4 rings (SSSR count). The van der Waals surface area contributed by atoms with Crippen molar-refractivity contribution in [3.05, 3.63) is 68.9 Å². The van der Waals surface area contributed by atoms with Crippen LogP contribution in [0.15, 0.2) is 46.2 Å². The second-order valence-electron chi connectivity index (χ2n) is 8.61. The van der Waals surface area contributed by atoms with Gasteiger partial charge in [-0.2, -0.15) is 4.39 Å². The van der Waals surface area contributed by atoms with Crippen molar-refractivity contribution in [1.82, 2.24) is 24.8 Å². The molecule has 2 aromatic heterocycles. The number of ether oxygens (including phenoxy) is 1. The quantitative estimate of drug-likeness (QED) is 0.405. The third kappa shape index (κ3) is 5.69. The zero-order valence-electron chi connectivity index (χ0n) is 19.2. The van der Waals surface area contributed by atoms with Crippen molar-refractivity contribution in [2.75, 3.05) is 33.3 Å². The minimum absolute atomic E-state index is 0.329. The van der Waals surface area contributed by atoms with E-state index in [4.69, 9.17) is 4.74 Å². The number of hydrogen-bond donors (Lipinski definition) is 3. The molecule has 1 saturated heterocycles. The van der Waals surface area contributed by atoms with Crippen LogP contribution < -0.4 is 21.3 Å². The first-order chi connectivity index (χ1) is 16.4. The highest BCUT2D eigenvalue weighted by Gasteiger charge is 2.22. The molecule has 1 aliphatic rings. The largest absolute Gasteiger partial charge is 0.497 e. The van der Waals surface area contributed by atoms with E-state index < -0.39 is 23.2 Å². The molecule has 1 aromatic carbocycles. The SMILES string of the molecule is COc1ccc2nccc(C(O)CN3CCC(NCCCn4cc(F)c(=O)[nH]c4=O)CC3)c2c1. The molecule has 0 saturated carbocycles. The number of H-pyrrole nitrogens is 1. The van der Waals surface area contributed by atoms with Crippen molar-refractivity contribution in [3.63, 3.8) is 0 Å². The van der Waals surface area contributed by atoms with Crippen molar-refractivity contribution in [2.45, 2.75) is 38.0 Å². The van der Waals surface area contributed by atoms with Gasteiger partial charge in [-0.05, 0) is 68.7 Å². The lowest BCUT2D eigenvalue weighted by atomic mass is 10.0. The Kier molecular flexibility index (Phi) is 7.71. The van der Waals surface area contributed by atoms with E-state index in [1.807, 2.05) is 29.2 Å². The Morgan fingerprint density at radius 2 is 2.09 bits per heavy atom. The minimum atomic E-state index is -0.993. The van der Waals surface area contributed by atoms with Gasteiger partial charge in [0.15, 0.2) is 0 Å². The number of nitrogens with one attached hydrogen (secondary N) is 2. The number of likely N-dealkylation sites (tertiary alicyclic amines) is 1. The topological polar surface area (TPSA) is 112 Å². The first kappa shape index (κ1) is 24.1. The Balaban J connectivity index is 1.24. The maximum Gasteiger partial charge on any atom is 0.328 e. The van der Waals surface area contributed by atoms with Crippen LogP contribution in [-0.2, 0) is 6.54 Å². The summed E-state index contributed by atoms with van der Waals surface area (Å²) in [7, 11) is 1.62. The van der Waals surface area contributed by atoms with E-state index in [0.29, 0.717) is 32.1 Å². The molecule has 0 aliphatic carbocycles. The smallest absolute Gasteiger partial charge is 0.328 e. The summed E-state index contributed by atoms with van der Waals surface area (Å²) in [5.41, 5.74) is 0.0805. The van der Waals surface area contributed by atoms with Gasteiger partial charge in [-0.25, -0.2) is 4.79 Å². The number of benzene rings is 1. The number of aliphatic hydroxyl groups excluding tert-OH is 1. The Morgan fingerprint density at radius 1 is 1.29 bits per heavy atom. The lowest BCUT2D eigenvalue weighted by Crippen LogP contribution is -2.44. The number of aromatic amines is 1. The fourth-order valence-electron chi connectivity index (χ4n) is 4.43. The van der Waals surface area contributed by atoms with Crippen LogP contribution >= 0.6 is 0 Å². The zero-order valence-corrected chi connectivity index (χ0v) is 19.2.